The van der Waals surface area contributed by atoms with Gasteiger partial charge in [-0.1, -0.05) is 0 Å². The normalized spacial score (nSPS) is 16.0. The van der Waals surface area contributed by atoms with Crippen molar-refractivity contribution in [1.29, 1.82) is 0 Å². The van der Waals surface area contributed by atoms with E-state index in [1.807, 2.05) is 19.2 Å². The van der Waals surface area contributed by atoms with Crippen LogP contribution in [0.3, 0.4) is 0 Å². The van der Waals surface area contributed by atoms with E-state index < -0.39 is 0 Å². The van der Waals surface area contributed by atoms with Crippen LogP contribution in [0.5, 0.6) is 0 Å². The van der Waals surface area contributed by atoms with Crippen LogP contribution < -0.4 is 4.90 Å². The fraction of sp³-hybridized carbons (Fsp3) is 0.375. The van der Waals surface area contributed by atoms with E-state index in [1.165, 1.54) is 0 Å². The first-order valence-electron chi connectivity index (χ1n) is 7.88. The monoisotopic (exact) mass is 309 g/mol. The number of aromatic amines is 1. The minimum absolute atomic E-state index is 0.434. The zero-order valence-corrected chi connectivity index (χ0v) is 13.1. The molecule has 118 valence electrons. The zero-order valence-electron chi connectivity index (χ0n) is 13.1. The summed E-state index contributed by atoms with van der Waals surface area (Å²) in [5.41, 5.74) is 1.98. The molecule has 0 spiro atoms. The van der Waals surface area contributed by atoms with Gasteiger partial charge in [-0.15, -0.1) is 0 Å². The average Bonchev–Trinajstić information content (AvgIpc) is 3.24. The molecule has 0 radical (unpaired) electrons. The first-order valence-corrected chi connectivity index (χ1v) is 7.88. The molecule has 1 aliphatic rings. The van der Waals surface area contributed by atoms with Crippen LogP contribution in [0.4, 0.5) is 5.95 Å². The van der Waals surface area contributed by atoms with Crippen LogP contribution >= 0.6 is 0 Å². The number of piperidine rings is 1. The fourth-order valence-corrected chi connectivity index (χ4v) is 3.17. The van der Waals surface area contributed by atoms with Gasteiger partial charge in [-0.25, -0.2) is 19.9 Å². The Morgan fingerprint density at radius 1 is 1.04 bits per heavy atom. The number of aromatic nitrogens is 6. The van der Waals surface area contributed by atoms with Crippen molar-refractivity contribution >= 4 is 5.95 Å². The van der Waals surface area contributed by atoms with Crippen molar-refractivity contribution in [3.8, 4) is 11.5 Å². The summed E-state index contributed by atoms with van der Waals surface area (Å²) in [4.78, 5) is 23.0. The maximum Gasteiger partial charge on any atom is 0.225 e. The molecule has 1 fully saturated rings. The Kier molecular flexibility index (Phi) is 3.53. The lowest BCUT2D eigenvalue weighted by Gasteiger charge is -2.33. The van der Waals surface area contributed by atoms with Crippen LogP contribution in [0.25, 0.3) is 11.5 Å². The Labute approximate surface area is 134 Å². The van der Waals surface area contributed by atoms with Crippen molar-refractivity contribution in [2.24, 2.45) is 0 Å². The van der Waals surface area contributed by atoms with Crippen LogP contribution in [0.2, 0.25) is 0 Å². The lowest BCUT2D eigenvalue weighted by molar-refractivity contribution is 0.396. The average molecular weight is 309 g/mol. The van der Waals surface area contributed by atoms with Gasteiger partial charge in [0, 0.05) is 49.6 Å². The van der Waals surface area contributed by atoms with E-state index in [-0.39, 0.29) is 0 Å². The van der Waals surface area contributed by atoms with Gasteiger partial charge >= 0.3 is 0 Å². The Bertz CT molecular complexity index is 769. The van der Waals surface area contributed by atoms with Crippen molar-refractivity contribution in [3.05, 3.63) is 42.9 Å². The third-order valence-corrected chi connectivity index (χ3v) is 4.40. The zero-order chi connectivity index (χ0) is 15.6. The molecule has 0 bridgehead atoms. The van der Waals surface area contributed by atoms with Gasteiger partial charge in [0.15, 0.2) is 5.82 Å². The van der Waals surface area contributed by atoms with Crippen LogP contribution in [0.1, 0.15) is 24.6 Å². The number of H-pyrrole nitrogens is 1. The SMILES string of the molecule is Cc1[nH]cnc1-c1nccn1C1CCN(c2ncccn2)CC1. The van der Waals surface area contributed by atoms with E-state index in [1.54, 1.807) is 18.7 Å². The number of rotatable bonds is 3. The molecule has 7 nitrogen and oxygen atoms in total. The maximum atomic E-state index is 4.51. The number of hydrogen-bond acceptors (Lipinski definition) is 5. The van der Waals surface area contributed by atoms with Gasteiger partial charge in [0.1, 0.15) is 5.69 Å². The molecule has 0 saturated carbocycles. The van der Waals surface area contributed by atoms with Crippen LogP contribution in [-0.4, -0.2) is 42.6 Å². The molecule has 0 unspecified atom stereocenters. The van der Waals surface area contributed by atoms with E-state index in [4.69, 9.17) is 0 Å². The largest absolute Gasteiger partial charge is 0.348 e. The number of nitrogens with zero attached hydrogens (tertiary/aromatic N) is 6. The van der Waals surface area contributed by atoms with Crippen molar-refractivity contribution < 1.29 is 0 Å². The lowest BCUT2D eigenvalue weighted by atomic mass is 10.0. The molecular weight excluding hydrogens is 290 g/mol. The summed E-state index contributed by atoms with van der Waals surface area (Å²) >= 11 is 0. The number of anilines is 1. The second-order valence-corrected chi connectivity index (χ2v) is 5.80. The van der Waals surface area contributed by atoms with E-state index in [2.05, 4.69) is 40.6 Å². The molecular formula is C16H19N7. The number of nitrogens with one attached hydrogen (secondary N) is 1. The van der Waals surface area contributed by atoms with E-state index >= 15 is 0 Å². The topological polar surface area (TPSA) is 75.5 Å². The molecule has 0 amide bonds. The second-order valence-electron chi connectivity index (χ2n) is 5.80. The van der Waals surface area contributed by atoms with E-state index in [0.29, 0.717) is 6.04 Å². The maximum absolute atomic E-state index is 4.51. The molecule has 3 aromatic heterocycles. The minimum atomic E-state index is 0.434. The van der Waals surface area contributed by atoms with Crippen molar-refractivity contribution in [2.75, 3.05) is 18.0 Å². The van der Waals surface area contributed by atoms with Crippen molar-refractivity contribution in [1.82, 2.24) is 29.5 Å². The third-order valence-electron chi connectivity index (χ3n) is 4.40. The van der Waals surface area contributed by atoms with Gasteiger partial charge in [0.25, 0.3) is 0 Å². The number of imidazole rings is 2. The molecule has 0 atom stereocenters. The molecule has 0 aromatic carbocycles. The Balaban J connectivity index is 1.52. The Hall–Kier alpha value is -2.70. The molecule has 4 rings (SSSR count). The highest BCUT2D eigenvalue weighted by Gasteiger charge is 2.24. The minimum Gasteiger partial charge on any atom is -0.348 e. The summed E-state index contributed by atoms with van der Waals surface area (Å²) < 4.78 is 2.26. The van der Waals surface area contributed by atoms with Gasteiger partial charge in [0.2, 0.25) is 5.95 Å². The molecule has 0 aliphatic carbocycles. The second kappa shape index (κ2) is 5.83. The summed E-state index contributed by atoms with van der Waals surface area (Å²) in [6.45, 7) is 3.92. The molecule has 1 N–H and O–H groups in total. The van der Waals surface area contributed by atoms with E-state index in [9.17, 15) is 0 Å². The highest BCUT2D eigenvalue weighted by Crippen LogP contribution is 2.29. The molecule has 3 aromatic rings. The van der Waals surface area contributed by atoms with Crippen molar-refractivity contribution in [3.63, 3.8) is 0 Å². The number of aryl methyl sites for hydroxylation is 1. The lowest BCUT2D eigenvalue weighted by Crippen LogP contribution is -2.35. The third kappa shape index (κ3) is 2.58. The summed E-state index contributed by atoms with van der Waals surface area (Å²) in [5.74, 6) is 1.76. The summed E-state index contributed by atoms with van der Waals surface area (Å²) in [6, 6.07) is 2.28. The van der Waals surface area contributed by atoms with Gasteiger partial charge < -0.3 is 14.5 Å². The smallest absolute Gasteiger partial charge is 0.225 e. The van der Waals surface area contributed by atoms with Gasteiger partial charge in [-0.05, 0) is 25.8 Å². The fourth-order valence-electron chi connectivity index (χ4n) is 3.17. The first-order chi connectivity index (χ1) is 11.3. The van der Waals surface area contributed by atoms with Crippen molar-refractivity contribution in [2.45, 2.75) is 25.8 Å². The van der Waals surface area contributed by atoms with E-state index in [0.717, 1.165) is 49.1 Å². The molecule has 7 heteroatoms. The first kappa shape index (κ1) is 13.9. The standard InChI is InChI=1S/C16H19N7/c1-12-14(21-11-20-12)15-17-7-10-23(15)13-3-8-22(9-4-13)16-18-5-2-6-19-16/h2,5-7,10-11,13H,3-4,8-9H2,1H3,(H,20,21). The van der Waals surface area contributed by atoms with Gasteiger partial charge in [0.05, 0.1) is 6.33 Å². The van der Waals surface area contributed by atoms with Crippen LogP contribution in [-0.2, 0) is 0 Å². The van der Waals surface area contributed by atoms with Gasteiger partial charge in [-0.3, -0.25) is 0 Å². The molecule has 4 heterocycles. The summed E-state index contributed by atoms with van der Waals surface area (Å²) in [7, 11) is 0. The quantitative estimate of drug-likeness (QED) is 0.803. The molecule has 1 saturated heterocycles. The Morgan fingerprint density at radius 3 is 2.52 bits per heavy atom. The number of hydrogen-bond donors (Lipinski definition) is 1. The summed E-state index contributed by atoms with van der Waals surface area (Å²) in [5, 5.41) is 0. The van der Waals surface area contributed by atoms with Crippen LogP contribution in [0.15, 0.2) is 37.2 Å². The highest BCUT2D eigenvalue weighted by atomic mass is 15.3. The molecule has 1 aliphatic heterocycles. The van der Waals surface area contributed by atoms with Gasteiger partial charge in [-0.2, -0.15) is 0 Å². The molecule has 23 heavy (non-hydrogen) atoms. The Morgan fingerprint density at radius 2 is 1.83 bits per heavy atom. The predicted molar refractivity (Wildman–Crippen MR) is 87.1 cm³/mol. The van der Waals surface area contributed by atoms with Crippen LogP contribution in [0, 0.1) is 6.92 Å². The highest BCUT2D eigenvalue weighted by molar-refractivity contribution is 5.53. The summed E-state index contributed by atoms with van der Waals surface area (Å²) in [6.07, 6.45) is 11.3. The predicted octanol–water partition coefficient (Wildman–Crippen LogP) is 2.21.